The molecule has 0 unspecified atom stereocenters. The maximum absolute atomic E-state index is 12.8. The lowest BCUT2D eigenvalue weighted by atomic mass is 10.2. The Morgan fingerprint density at radius 3 is 2.68 bits per heavy atom. The van der Waals surface area contributed by atoms with Gasteiger partial charge in [0.05, 0.1) is 6.54 Å². The van der Waals surface area contributed by atoms with Crippen molar-refractivity contribution in [2.75, 3.05) is 18.7 Å². The average Bonchev–Trinajstić information content (AvgIpc) is 2.97. The molecule has 1 heterocycles. The van der Waals surface area contributed by atoms with Crippen LogP contribution in [0.1, 0.15) is 5.56 Å². The van der Waals surface area contributed by atoms with Crippen LogP contribution in [0.25, 0.3) is 0 Å². The SMILES string of the molecule is O=C(CNCc1ccc2c(c1)OCO2)Nc1ccc(F)cc1. The number of ether oxygens (including phenoxy) is 2. The Hall–Kier alpha value is -2.60. The lowest BCUT2D eigenvalue weighted by Gasteiger charge is -2.07. The first kappa shape index (κ1) is 14.3. The predicted octanol–water partition coefficient (Wildman–Crippen LogP) is 2.28. The lowest BCUT2D eigenvalue weighted by molar-refractivity contribution is -0.115. The van der Waals surface area contributed by atoms with Gasteiger partial charge < -0.3 is 20.1 Å². The summed E-state index contributed by atoms with van der Waals surface area (Å²) in [6.07, 6.45) is 0. The highest BCUT2D eigenvalue weighted by molar-refractivity contribution is 5.92. The second-order valence-electron chi connectivity index (χ2n) is 4.85. The monoisotopic (exact) mass is 302 g/mol. The molecule has 2 aromatic carbocycles. The van der Waals surface area contributed by atoms with Gasteiger partial charge in [-0.25, -0.2) is 4.39 Å². The molecule has 0 radical (unpaired) electrons. The number of carbonyl (C=O) groups excluding carboxylic acids is 1. The molecule has 2 aromatic rings. The predicted molar refractivity (Wildman–Crippen MR) is 79.3 cm³/mol. The maximum Gasteiger partial charge on any atom is 0.238 e. The molecule has 22 heavy (non-hydrogen) atoms. The van der Waals surface area contributed by atoms with Gasteiger partial charge in [-0.05, 0) is 42.0 Å². The molecule has 114 valence electrons. The van der Waals surface area contributed by atoms with Gasteiger partial charge >= 0.3 is 0 Å². The van der Waals surface area contributed by atoms with Crippen LogP contribution in [-0.2, 0) is 11.3 Å². The van der Waals surface area contributed by atoms with Crippen LogP contribution in [-0.4, -0.2) is 19.2 Å². The van der Waals surface area contributed by atoms with E-state index in [9.17, 15) is 9.18 Å². The number of rotatable bonds is 5. The van der Waals surface area contributed by atoms with Crippen molar-refractivity contribution in [2.45, 2.75) is 6.54 Å². The van der Waals surface area contributed by atoms with Gasteiger partial charge in [0.2, 0.25) is 12.7 Å². The Labute approximate surface area is 127 Å². The maximum atomic E-state index is 12.8. The molecular formula is C16H15FN2O3. The van der Waals surface area contributed by atoms with E-state index in [1.807, 2.05) is 18.2 Å². The van der Waals surface area contributed by atoms with Gasteiger partial charge in [0.1, 0.15) is 5.82 Å². The molecule has 0 aromatic heterocycles. The minimum atomic E-state index is -0.334. The molecule has 0 spiro atoms. The van der Waals surface area contributed by atoms with Crippen LogP contribution in [0.15, 0.2) is 42.5 Å². The second kappa shape index (κ2) is 6.44. The molecule has 0 bridgehead atoms. The third kappa shape index (κ3) is 3.53. The third-order valence-electron chi connectivity index (χ3n) is 3.18. The van der Waals surface area contributed by atoms with E-state index in [-0.39, 0.29) is 25.1 Å². The summed E-state index contributed by atoms with van der Waals surface area (Å²) in [5, 5.41) is 5.73. The summed E-state index contributed by atoms with van der Waals surface area (Å²) in [5.41, 5.74) is 1.56. The van der Waals surface area contributed by atoms with Crippen molar-refractivity contribution in [2.24, 2.45) is 0 Å². The molecule has 3 rings (SSSR count). The zero-order chi connectivity index (χ0) is 15.4. The van der Waals surface area contributed by atoms with E-state index in [4.69, 9.17) is 9.47 Å². The standard InChI is InChI=1S/C16H15FN2O3/c17-12-2-4-13(5-3-12)19-16(20)9-18-8-11-1-6-14-15(7-11)22-10-21-14/h1-7,18H,8-10H2,(H,19,20). The van der Waals surface area contributed by atoms with Gasteiger partial charge in [-0.2, -0.15) is 0 Å². The Morgan fingerprint density at radius 2 is 1.86 bits per heavy atom. The fraction of sp³-hybridized carbons (Fsp3) is 0.188. The lowest BCUT2D eigenvalue weighted by Crippen LogP contribution is -2.27. The summed E-state index contributed by atoms with van der Waals surface area (Å²) < 4.78 is 23.3. The number of nitrogens with one attached hydrogen (secondary N) is 2. The molecule has 0 saturated heterocycles. The van der Waals surface area contributed by atoms with Gasteiger partial charge in [0, 0.05) is 12.2 Å². The van der Waals surface area contributed by atoms with Gasteiger partial charge in [-0.3, -0.25) is 4.79 Å². The van der Waals surface area contributed by atoms with Crippen LogP contribution in [0.2, 0.25) is 0 Å². The number of hydrogen-bond donors (Lipinski definition) is 2. The molecule has 0 atom stereocenters. The van der Waals surface area contributed by atoms with E-state index in [0.29, 0.717) is 12.2 Å². The zero-order valence-electron chi connectivity index (χ0n) is 11.8. The first-order valence-corrected chi connectivity index (χ1v) is 6.85. The highest BCUT2D eigenvalue weighted by atomic mass is 19.1. The zero-order valence-corrected chi connectivity index (χ0v) is 11.8. The Kier molecular flexibility index (Phi) is 4.20. The van der Waals surface area contributed by atoms with E-state index in [1.54, 1.807) is 0 Å². The van der Waals surface area contributed by atoms with Gasteiger partial charge in [0.25, 0.3) is 0 Å². The number of hydrogen-bond acceptors (Lipinski definition) is 4. The molecule has 1 aliphatic rings. The molecule has 5 nitrogen and oxygen atoms in total. The molecule has 0 saturated carbocycles. The number of halogens is 1. The summed E-state index contributed by atoms with van der Waals surface area (Å²) >= 11 is 0. The van der Waals surface area contributed by atoms with E-state index in [2.05, 4.69) is 10.6 Å². The average molecular weight is 302 g/mol. The molecule has 0 aliphatic carbocycles. The number of fused-ring (bicyclic) bond motifs is 1. The largest absolute Gasteiger partial charge is 0.454 e. The Balaban J connectivity index is 1.46. The summed E-state index contributed by atoms with van der Waals surface area (Å²) in [6.45, 7) is 0.936. The van der Waals surface area contributed by atoms with Crippen LogP contribution in [0.3, 0.4) is 0 Å². The van der Waals surface area contributed by atoms with Crippen molar-refractivity contribution in [1.29, 1.82) is 0 Å². The third-order valence-corrected chi connectivity index (χ3v) is 3.18. The highest BCUT2D eigenvalue weighted by Gasteiger charge is 2.13. The van der Waals surface area contributed by atoms with E-state index in [1.165, 1.54) is 24.3 Å². The van der Waals surface area contributed by atoms with Gasteiger partial charge in [-0.1, -0.05) is 6.07 Å². The highest BCUT2D eigenvalue weighted by Crippen LogP contribution is 2.32. The van der Waals surface area contributed by atoms with Crippen LogP contribution in [0.5, 0.6) is 11.5 Å². The van der Waals surface area contributed by atoms with Crippen LogP contribution in [0, 0.1) is 5.82 Å². The van der Waals surface area contributed by atoms with Gasteiger partial charge in [0.15, 0.2) is 11.5 Å². The van der Waals surface area contributed by atoms with Crippen molar-refractivity contribution in [3.05, 3.63) is 53.8 Å². The minimum Gasteiger partial charge on any atom is -0.454 e. The molecule has 1 amide bonds. The van der Waals surface area contributed by atoms with E-state index in [0.717, 1.165) is 17.1 Å². The Bertz CT molecular complexity index is 674. The van der Waals surface area contributed by atoms with Crippen LogP contribution < -0.4 is 20.1 Å². The Morgan fingerprint density at radius 1 is 1.09 bits per heavy atom. The summed E-state index contributed by atoms with van der Waals surface area (Å²) in [5.74, 6) is 0.930. The van der Waals surface area contributed by atoms with Crippen LogP contribution in [0.4, 0.5) is 10.1 Å². The number of anilines is 1. The van der Waals surface area contributed by atoms with Gasteiger partial charge in [-0.15, -0.1) is 0 Å². The van der Waals surface area contributed by atoms with E-state index >= 15 is 0 Å². The fourth-order valence-electron chi connectivity index (χ4n) is 2.11. The minimum absolute atomic E-state index is 0.159. The summed E-state index contributed by atoms with van der Waals surface area (Å²) in [7, 11) is 0. The number of amides is 1. The van der Waals surface area contributed by atoms with Crippen molar-refractivity contribution in [1.82, 2.24) is 5.32 Å². The van der Waals surface area contributed by atoms with Crippen LogP contribution >= 0.6 is 0 Å². The van der Waals surface area contributed by atoms with Crippen molar-refractivity contribution < 1.29 is 18.7 Å². The molecule has 6 heteroatoms. The van der Waals surface area contributed by atoms with Crippen molar-refractivity contribution >= 4 is 11.6 Å². The first-order chi connectivity index (χ1) is 10.7. The second-order valence-corrected chi connectivity index (χ2v) is 4.85. The summed E-state index contributed by atoms with van der Waals surface area (Å²) in [4.78, 5) is 11.8. The molecule has 0 fully saturated rings. The quantitative estimate of drug-likeness (QED) is 0.889. The first-order valence-electron chi connectivity index (χ1n) is 6.85. The normalized spacial score (nSPS) is 12.2. The smallest absolute Gasteiger partial charge is 0.238 e. The number of benzene rings is 2. The topological polar surface area (TPSA) is 59.6 Å². The number of carbonyl (C=O) groups is 1. The van der Waals surface area contributed by atoms with E-state index < -0.39 is 0 Å². The van der Waals surface area contributed by atoms with Crippen molar-refractivity contribution in [3.63, 3.8) is 0 Å². The fourth-order valence-corrected chi connectivity index (χ4v) is 2.11. The molecule has 1 aliphatic heterocycles. The van der Waals surface area contributed by atoms with Crippen molar-refractivity contribution in [3.8, 4) is 11.5 Å². The summed E-state index contributed by atoms with van der Waals surface area (Å²) in [6, 6.07) is 11.3. The molecular weight excluding hydrogens is 287 g/mol. The molecule has 2 N–H and O–H groups in total.